The normalized spacial score (nSPS) is 13.8. The quantitative estimate of drug-likeness (QED) is 0.337. The molecule has 0 aromatic rings. The number of hydrogen-bond acceptors (Lipinski definition) is 0. The fraction of sp³-hybridized carbons (Fsp3) is 0.778. The van der Waals surface area contributed by atoms with Gasteiger partial charge in [-0.15, -0.1) is 11.8 Å². The molecule has 0 saturated heterocycles. The topological polar surface area (TPSA) is 0 Å². The fourth-order valence-electron chi connectivity index (χ4n) is 2.06. The Morgan fingerprint density at radius 3 is 2.11 bits per heavy atom. The molecular formula is C18H32. The summed E-state index contributed by atoms with van der Waals surface area (Å²) >= 11 is 0. The van der Waals surface area contributed by atoms with Crippen molar-refractivity contribution in [3.63, 3.8) is 0 Å². The first kappa shape index (κ1) is 17.6. The standard InChI is InChI=1S/C18H32/c1-5-7-10-14-18(4)16-12-9-11-15-17(3)13-8-6-2/h17-18H,1-2,5-8,10-11,13-16H2,3-4H3. The highest BCUT2D eigenvalue weighted by molar-refractivity contribution is 4.99. The Hall–Kier alpha value is -0.440. The van der Waals surface area contributed by atoms with Gasteiger partial charge in [0.1, 0.15) is 0 Å². The van der Waals surface area contributed by atoms with Crippen LogP contribution < -0.4 is 0 Å². The third-order valence-electron chi connectivity index (χ3n) is 3.48. The van der Waals surface area contributed by atoms with Crippen molar-refractivity contribution in [2.75, 3.05) is 0 Å². The minimum Gasteiger partial charge on any atom is -0.103 e. The van der Waals surface area contributed by atoms with Gasteiger partial charge in [0, 0.05) is 12.8 Å². The van der Waals surface area contributed by atoms with Gasteiger partial charge in [-0.05, 0) is 24.7 Å². The Morgan fingerprint density at radius 2 is 1.44 bits per heavy atom. The maximum absolute atomic E-state index is 3.89. The SMILES string of the molecule is [CH2]CCCCC(C)CC#CCCC(C)CCC[CH2]. The summed E-state index contributed by atoms with van der Waals surface area (Å²) < 4.78 is 0. The molecule has 0 bridgehead atoms. The van der Waals surface area contributed by atoms with Crippen LogP contribution in [0.15, 0.2) is 0 Å². The molecule has 0 spiro atoms. The van der Waals surface area contributed by atoms with Crippen molar-refractivity contribution in [3.05, 3.63) is 13.8 Å². The van der Waals surface area contributed by atoms with Gasteiger partial charge in [-0.3, -0.25) is 0 Å². The van der Waals surface area contributed by atoms with Gasteiger partial charge in [-0.1, -0.05) is 66.2 Å². The zero-order valence-corrected chi connectivity index (χ0v) is 12.6. The summed E-state index contributed by atoms with van der Waals surface area (Å²) in [5.74, 6) is 8.25. The summed E-state index contributed by atoms with van der Waals surface area (Å²) in [6, 6.07) is 0. The first-order valence-electron chi connectivity index (χ1n) is 7.74. The molecule has 0 heterocycles. The lowest BCUT2D eigenvalue weighted by Crippen LogP contribution is -1.94. The summed E-state index contributed by atoms with van der Waals surface area (Å²) in [6.07, 6.45) is 12.0. The molecule has 0 nitrogen and oxygen atoms in total. The summed E-state index contributed by atoms with van der Waals surface area (Å²) in [4.78, 5) is 0. The Morgan fingerprint density at radius 1 is 0.778 bits per heavy atom. The van der Waals surface area contributed by atoms with Gasteiger partial charge in [0.25, 0.3) is 0 Å². The van der Waals surface area contributed by atoms with E-state index >= 15 is 0 Å². The first-order chi connectivity index (χ1) is 8.70. The van der Waals surface area contributed by atoms with E-state index in [0.717, 1.165) is 37.5 Å². The van der Waals surface area contributed by atoms with Crippen LogP contribution in [0.5, 0.6) is 0 Å². The van der Waals surface area contributed by atoms with Gasteiger partial charge in [0.2, 0.25) is 0 Å². The van der Waals surface area contributed by atoms with E-state index in [0.29, 0.717) is 0 Å². The van der Waals surface area contributed by atoms with Crippen LogP contribution in [0.1, 0.15) is 78.1 Å². The van der Waals surface area contributed by atoms with Gasteiger partial charge < -0.3 is 0 Å². The van der Waals surface area contributed by atoms with Gasteiger partial charge >= 0.3 is 0 Å². The van der Waals surface area contributed by atoms with E-state index in [-0.39, 0.29) is 0 Å². The van der Waals surface area contributed by atoms with Crippen LogP contribution in [0.25, 0.3) is 0 Å². The minimum atomic E-state index is 0.757. The third-order valence-corrected chi connectivity index (χ3v) is 3.48. The van der Waals surface area contributed by atoms with E-state index in [4.69, 9.17) is 0 Å². The molecule has 18 heavy (non-hydrogen) atoms. The van der Waals surface area contributed by atoms with Crippen molar-refractivity contribution in [1.82, 2.24) is 0 Å². The molecule has 0 aliphatic heterocycles. The second-order valence-corrected chi connectivity index (χ2v) is 5.65. The predicted molar refractivity (Wildman–Crippen MR) is 83.0 cm³/mol. The average molecular weight is 248 g/mol. The molecule has 2 unspecified atom stereocenters. The van der Waals surface area contributed by atoms with E-state index in [1.165, 1.54) is 38.5 Å². The molecule has 0 aromatic carbocycles. The van der Waals surface area contributed by atoms with E-state index in [2.05, 4.69) is 39.5 Å². The predicted octanol–water partition coefficient (Wildman–Crippen LogP) is 5.83. The third kappa shape index (κ3) is 12.0. The highest BCUT2D eigenvalue weighted by Gasteiger charge is 2.00. The van der Waals surface area contributed by atoms with E-state index in [1.54, 1.807) is 0 Å². The van der Waals surface area contributed by atoms with Gasteiger partial charge in [-0.25, -0.2) is 0 Å². The largest absolute Gasteiger partial charge is 0.103 e. The Bertz CT molecular complexity index is 218. The molecule has 0 fully saturated rings. The van der Waals surface area contributed by atoms with Crippen LogP contribution in [0.2, 0.25) is 0 Å². The second kappa shape index (κ2) is 13.0. The molecule has 2 radical (unpaired) electrons. The summed E-state index contributed by atoms with van der Waals surface area (Å²) in [6.45, 7) is 12.4. The summed E-state index contributed by atoms with van der Waals surface area (Å²) in [5.41, 5.74) is 0. The molecule has 0 heteroatoms. The molecule has 0 aliphatic carbocycles. The van der Waals surface area contributed by atoms with Crippen molar-refractivity contribution < 1.29 is 0 Å². The van der Waals surface area contributed by atoms with E-state index in [1.807, 2.05) is 0 Å². The van der Waals surface area contributed by atoms with Crippen LogP contribution in [-0.2, 0) is 0 Å². The Labute approximate surface area is 116 Å². The molecular weight excluding hydrogens is 216 g/mol. The smallest absolute Gasteiger partial charge is 0.0114 e. The van der Waals surface area contributed by atoms with Crippen LogP contribution in [-0.4, -0.2) is 0 Å². The lowest BCUT2D eigenvalue weighted by atomic mass is 9.98. The van der Waals surface area contributed by atoms with Gasteiger partial charge in [-0.2, -0.15) is 0 Å². The Balaban J connectivity index is 3.47. The highest BCUT2D eigenvalue weighted by Crippen LogP contribution is 2.14. The van der Waals surface area contributed by atoms with Crippen molar-refractivity contribution in [3.8, 4) is 11.8 Å². The highest BCUT2D eigenvalue weighted by atomic mass is 14.1. The van der Waals surface area contributed by atoms with Crippen molar-refractivity contribution in [2.24, 2.45) is 11.8 Å². The van der Waals surface area contributed by atoms with Crippen LogP contribution in [0.4, 0.5) is 0 Å². The minimum absolute atomic E-state index is 0.757. The maximum Gasteiger partial charge on any atom is 0.0114 e. The van der Waals surface area contributed by atoms with Crippen LogP contribution in [0.3, 0.4) is 0 Å². The monoisotopic (exact) mass is 248 g/mol. The second-order valence-electron chi connectivity index (χ2n) is 5.65. The van der Waals surface area contributed by atoms with Crippen LogP contribution >= 0.6 is 0 Å². The molecule has 0 rings (SSSR count). The summed E-state index contributed by atoms with van der Waals surface area (Å²) in [5, 5.41) is 0. The van der Waals surface area contributed by atoms with E-state index in [9.17, 15) is 0 Å². The molecule has 0 aliphatic rings. The molecule has 2 atom stereocenters. The Kier molecular flexibility index (Phi) is 12.7. The zero-order valence-electron chi connectivity index (χ0n) is 12.6. The zero-order chi connectivity index (χ0) is 13.6. The van der Waals surface area contributed by atoms with Crippen molar-refractivity contribution in [1.29, 1.82) is 0 Å². The lowest BCUT2D eigenvalue weighted by molar-refractivity contribution is 0.483. The van der Waals surface area contributed by atoms with Gasteiger partial charge in [0.05, 0.1) is 0 Å². The summed E-state index contributed by atoms with van der Waals surface area (Å²) in [7, 11) is 0. The van der Waals surface area contributed by atoms with E-state index < -0.39 is 0 Å². The number of unbranched alkanes of at least 4 members (excludes halogenated alkanes) is 3. The van der Waals surface area contributed by atoms with Crippen LogP contribution in [0, 0.1) is 37.5 Å². The lowest BCUT2D eigenvalue weighted by Gasteiger charge is -2.07. The first-order valence-corrected chi connectivity index (χ1v) is 7.74. The number of rotatable bonds is 10. The molecule has 0 amide bonds. The van der Waals surface area contributed by atoms with Crippen molar-refractivity contribution >= 4 is 0 Å². The van der Waals surface area contributed by atoms with Crippen molar-refractivity contribution in [2.45, 2.75) is 78.1 Å². The average Bonchev–Trinajstić information content (AvgIpc) is 2.36. The number of hydrogen-bond donors (Lipinski definition) is 0. The molecule has 0 N–H and O–H groups in total. The fourth-order valence-corrected chi connectivity index (χ4v) is 2.06. The molecule has 0 aromatic heterocycles. The molecule has 0 saturated carbocycles. The van der Waals surface area contributed by atoms with Gasteiger partial charge in [0.15, 0.2) is 0 Å². The maximum atomic E-state index is 3.89. The molecule has 104 valence electrons.